The number of nitriles is 1. The minimum absolute atomic E-state index is 0.0445. The Balaban J connectivity index is 0.758. The van der Waals surface area contributed by atoms with Crippen molar-refractivity contribution in [2.24, 2.45) is 0 Å². The number of likely N-dealkylation sites (tertiary alicyclic amines) is 2. The first kappa shape index (κ1) is 38.5. The third-order valence-electron chi connectivity index (χ3n) is 12.3. The second kappa shape index (κ2) is 17.0. The molecule has 13 heteroatoms. The molecule has 296 valence electrons. The van der Waals surface area contributed by atoms with Crippen LogP contribution in [0.3, 0.4) is 0 Å². The van der Waals surface area contributed by atoms with Crippen LogP contribution in [0.2, 0.25) is 5.02 Å². The van der Waals surface area contributed by atoms with E-state index in [-0.39, 0.29) is 42.3 Å². The summed E-state index contributed by atoms with van der Waals surface area (Å²) in [5.74, 6) is 0.894. The van der Waals surface area contributed by atoms with E-state index in [1.54, 1.807) is 23.1 Å². The van der Waals surface area contributed by atoms with Crippen LogP contribution in [0, 0.1) is 11.3 Å². The zero-order chi connectivity index (χ0) is 39.5. The number of hydrogen-bond acceptors (Lipinski definition) is 7. The summed E-state index contributed by atoms with van der Waals surface area (Å²) < 4.78 is 8.40. The van der Waals surface area contributed by atoms with Crippen molar-refractivity contribution in [2.75, 3.05) is 44.2 Å². The van der Waals surface area contributed by atoms with Gasteiger partial charge in [-0.05, 0) is 105 Å². The standard InChI is InChI=1S/C44H48ClN7O5/c45-38-26-36(11-8-32(38)27-46)57-35-12-9-33(10-13-35)47-43(55)31-6-4-29(5-7-31)30-14-22-50(23-15-30)42(54)28-49-20-16-34(17-21-49)51-24-18-37-39(51)2-1-3-40(37)52-25-19-41(53)48-44(52)56/h1-8,11,18,24,26,30,33-35H,9-10,12-17,19-23,25,28H2,(H,47,55)(H,48,53,56). The van der Waals surface area contributed by atoms with E-state index >= 15 is 0 Å². The van der Waals surface area contributed by atoms with Gasteiger partial charge in [0.05, 0.1) is 34.4 Å². The van der Waals surface area contributed by atoms with Crippen molar-refractivity contribution >= 4 is 51.9 Å². The molecule has 4 aliphatic rings. The van der Waals surface area contributed by atoms with E-state index in [2.05, 4.69) is 56.6 Å². The van der Waals surface area contributed by atoms with E-state index in [1.165, 1.54) is 5.56 Å². The molecule has 1 aromatic heterocycles. The second-order valence-electron chi connectivity index (χ2n) is 15.8. The molecule has 4 heterocycles. The smallest absolute Gasteiger partial charge is 0.328 e. The summed E-state index contributed by atoms with van der Waals surface area (Å²) in [4.78, 5) is 56.7. The van der Waals surface area contributed by atoms with Gasteiger partial charge in [0, 0.05) is 74.4 Å². The number of halogens is 1. The summed E-state index contributed by atoms with van der Waals surface area (Å²) >= 11 is 6.16. The van der Waals surface area contributed by atoms with Crippen molar-refractivity contribution in [1.82, 2.24) is 25.0 Å². The predicted molar refractivity (Wildman–Crippen MR) is 217 cm³/mol. The minimum Gasteiger partial charge on any atom is -0.490 e. The molecule has 57 heavy (non-hydrogen) atoms. The zero-order valence-corrected chi connectivity index (χ0v) is 32.8. The molecule has 0 spiro atoms. The molecule has 0 atom stereocenters. The quantitative estimate of drug-likeness (QED) is 0.191. The first-order valence-corrected chi connectivity index (χ1v) is 20.6. The first-order valence-electron chi connectivity index (χ1n) is 20.2. The van der Waals surface area contributed by atoms with Gasteiger partial charge in [-0.3, -0.25) is 29.5 Å². The second-order valence-corrected chi connectivity index (χ2v) is 16.2. The average Bonchev–Trinajstić information content (AvgIpc) is 3.67. The molecule has 0 unspecified atom stereocenters. The van der Waals surface area contributed by atoms with Gasteiger partial charge in [0.2, 0.25) is 11.8 Å². The number of amides is 5. The van der Waals surface area contributed by atoms with Crippen molar-refractivity contribution in [1.29, 1.82) is 5.26 Å². The highest BCUT2D eigenvalue weighted by Crippen LogP contribution is 2.34. The molecule has 2 N–H and O–H groups in total. The predicted octanol–water partition coefficient (Wildman–Crippen LogP) is 6.78. The van der Waals surface area contributed by atoms with Gasteiger partial charge in [-0.1, -0.05) is 29.8 Å². The maximum absolute atomic E-state index is 13.4. The van der Waals surface area contributed by atoms with Crippen LogP contribution in [0.5, 0.6) is 5.75 Å². The van der Waals surface area contributed by atoms with Crippen molar-refractivity contribution in [3.8, 4) is 11.8 Å². The number of anilines is 1. The van der Waals surface area contributed by atoms with E-state index in [4.69, 9.17) is 21.6 Å². The van der Waals surface area contributed by atoms with Gasteiger partial charge >= 0.3 is 6.03 Å². The lowest BCUT2D eigenvalue weighted by Gasteiger charge is -2.36. The number of fused-ring (bicyclic) bond motifs is 1. The largest absolute Gasteiger partial charge is 0.490 e. The number of benzene rings is 3. The minimum atomic E-state index is -0.378. The fourth-order valence-electron chi connectivity index (χ4n) is 8.98. The van der Waals surface area contributed by atoms with E-state index in [1.807, 2.05) is 29.2 Å². The number of ether oxygens (including phenoxy) is 1. The molecule has 0 radical (unpaired) electrons. The highest BCUT2D eigenvalue weighted by molar-refractivity contribution is 6.31. The number of piperidine rings is 2. The molecule has 8 rings (SSSR count). The molecule has 3 aliphatic heterocycles. The summed E-state index contributed by atoms with van der Waals surface area (Å²) in [6.45, 7) is 3.94. The Morgan fingerprint density at radius 1 is 0.877 bits per heavy atom. The molecule has 3 saturated heterocycles. The van der Waals surface area contributed by atoms with Gasteiger partial charge in [-0.15, -0.1) is 0 Å². The zero-order valence-electron chi connectivity index (χ0n) is 32.0. The molecule has 4 fully saturated rings. The van der Waals surface area contributed by atoms with E-state index < -0.39 is 0 Å². The van der Waals surface area contributed by atoms with Crippen molar-refractivity contribution in [3.63, 3.8) is 0 Å². The number of carbonyl (C=O) groups is 4. The summed E-state index contributed by atoms with van der Waals surface area (Å²) in [6.07, 6.45) is 9.40. The summed E-state index contributed by atoms with van der Waals surface area (Å²) in [5, 5.41) is 16.1. The third-order valence-corrected chi connectivity index (χ3v) is 12.6. The van der Waals surface area contributed by atoms with E-state index in [0.717, 1.165) is 94.1 Å². The van der Waals surface area contributed by atoms with Gasteiger partial charge in [-0.2, -0.15) is 5.26 Å². The molecule has 4 aromatic rings. The fourth-order valence-corrected chi connectivity index (χ4v) is 9.19. The number of imide groups is 1. The topological polar surface area (TPSA) is 140 Å². The number of aromatic nitrogens is 1. The highest BCUT2D eigenvalue weighted by atomic mass is 35.5. The fraction of sp³-hybridized carbons (Fsp3) is 0.432. The molecule has 3 aromatic carbocycles. The summed E-state index contributed by atoms with van der Waals surface area (Å²) in [6, 6.07) is 23.2. The van der Waals surface area contributed by atoms with Crippen LogP contribution < -0.4 is 20.3 Å². The lowest BCUT2D eigenvalue weighted by atomic mass is 9.88. The van der Waals surface area contributed by atoms with Crippen molar-refractivity contribution in [2.45, 2.75) is 81.9 Å². The molecular formula is C44H48ClN7O5. The number of nitrogens with one attached hydrogen (secondary N) is 2. The average molecular weight is 790 g/mol. The van der Waals surface area contributed by atoms with Crippen LogP contribution in [-0.2, 0) is 9.59 Å². The van der Waals surface area contributed by atoms with Gasteiger partial charge in [0.25, 0.3) is 5.91 Å². The third kappa shape index (κ3) is 8.65. The van der Waals surface area contributed by atoms with Crippen LogP contribution >= 0.6 is 11.6 Å². The van der Waals surface area contributed by atoms with Crippen LogP contribution in [0.15, 0.2) is 72.9 Å². The Bertz CT molecular complexity index is 2170. The molecule has 1 aliphatic carbocycles. The SMILES string of the molecule is N#Cc1ccc(OC2CCC(NC(=O)c3ccc(C4CCN(C(=O)CN5CCC(n6ccc7c(N8CCC(=O)NC8=O)cccc76)CC5)CC4)cc3)CC2)cc1Cl. The normalized spacial score (nSPS) is 21.3. The van der Waals surface area contributed by atoms with Crippen molar-refractivity contribution < 1.29 is 23.9 Å². The number of carbonyl (C=O) groups excluding carboxylic acids is 4. The lowest BCUT2D eigenvalue weighted by molar-refractivity contribution is -0.133. The van der Waals surface area contributed by atoms with Gasteiger partial charge in [-0.25, -0.2) is 4.79 Å². The van der Waals surface area contributed by atoms with Gasteiger partial charge < -0.3 is 19.5 Å². The molecule has 0 bridgehead atoms. The maximum atomic E-state index is 13.4. The molecule has 1 saturated carbocycles. The summed E-state index contributed by atoms with van der Waals surface area (Å²) in [5.41, 5.74) is 4.17. The van der Waals surface area contributed by atoms with Crippen molar-refractivity contribution in [3.05, 3.63) is 94.6 Å². The number of rotatable bonds is 9. The summed E-state index contributed by atoms with van der Waals surface area (Å²) in [7, 11) is 0. The van der Waals surface area contributed by atoms with E-state index in [9.17, 15) is 19.2 Å². The van der Waals surface area contributed by atoms with Gasteiger partial charge in [0.15, 0.2) is 0 Å². The Morgan fingerprint density at radius 2 is 1.63 bits per heavy atom. The Labute approximate surface area is 337 Å². The van der Waals surface area contributed by atoms with Gasteiger partial charge in [0.1, 0.15) is 11.8 Å². The first-order chi connectivity index (χ1) is 27.7. The van der Waals surface area contributed by atoms with E-state index in [0.29, 0.717) is 46.9 Å². The molecule has 12 nitrogen and oxygen atoms in total. The lowest BCUT2D eigenvalue weighted by Crippen LogP contribution is -2.49. The number of nitrogens with zero attached hydrogens (tertiary/aromatic N) is 5. The van der Waals surface area contributed by atoms with Crippen LogP contribution in [0.25, 0.3) is 10.9 Å². The van der Waals surface area contributed by atoms with Crippen LogP contribution in [0.1, 0.15) is 91.2 Å². The van der Waals surface area contributed by atoms with Crippen LogP contribution in [0.4, 0.5) is 10.5 Å². The Kier molecular flexibility index (Phi) is 11.5. The number of urea groups is 1. The number of hydrogen-bond donors (Lipinski definition) is 2. The maximum Gasteiger partial charge on any atom is 0.328 e. The Hall–Kier alpha value is -5.38. The van der Waals surface area contributed by atoms with Crippen LogP contribution in [-0.4, -0.2) is 89.5 Å². The molecule has 5 amide bonds. The Morgan fingerprint density at radius 3 is 2.33 bits per heavy atom. The monoisotopic (exact) mass is 789 g/mol. The highest BCUT2D eigenvalue weighted by Gasteiger charge is 2.30. The molecular weight excluding hydrogens is 742 g/mol.